The van der Waals surface area contributed by atoms with Gasteiger partial charge in [0.05, 0.1) is 7.11 Å². The van der Waals surface area contributed by atoms with Crippen molar-refractivity contribution in [3.8, 4) is 0 Å². The molecule has 0 aliphatic rings. The van der Waals surface area contributed by atoms with Crippen LogP contribution in [0, 0.1) is 0 Å². The van der Waals surface area contributed by atoms with Crippen LogP contribution in [-0.4, -0.2) is 7.11 Å². The molecular formula is C8H14ClNO. The van der Waals surface area contributed by atoms with Crippen LogP contribution in [-0.2, 0) is 4.84 Å². The molecule has 1 N–H and O–H groups in total. The second-order valence-electron chi connectivity index (χ2n) is 2.13. The summed E-state index contributed by atoms with van der Waals surface area (Å²) < 4.78 is 0. The van der Waals surface area contributed by atoms with E-state index in [9.17, 15) is 0 Å². The van der Waals surface area contributed by atoms with Crippen LogP contribution in [0.5, 0.6) is 0 Å². The largest absolute Gasteiger partial charge is 0.280 e. The lowest BCUT2D eigenvalue weighted by atomic mass is 10.3. The SMILES string of the molecule is CC/C=C(Cl)\C=C(\C)NOC. The smallest absolute Gasteiger partial charge is 0.0636 e. The molecule has 0 fully saturated rings. The summed E-state index contributed by atoms with van der Waals surface area (Å²) in [6.45, 7) is 3.92. The molecule has 0 aliphatic heterocycles. The molecule has 0 radical (unpaired) electrons. The van der Waals surface area contributed by atoms with E-state index in [0.29, 0.717) is 0 Å². The normalized spacial score (nSPS) is 13.5. The maximum absolute atomic E-state index is 5.80. The zero-order valence-corrected chi connectivity index (χ0v) is 7.90. The van der Waals surface area contributed by atoms with Gasteiger partial charge in [0.15, 0.2) is 0 Å². The molecule has 0 aliphatic carbocycles. The minimum atomic E-state index is 0.731. The molecule has 0 amide bonds. The lowest BCUT2D eigenvalue weighted by molar-refractivity contribution is 0.118. The quantitative estimate of drug-likeness (QED) is 0.524. The number of hydrogen-bond acceptors (Lipinski definition) is 2. The summed E-state index contributed by atoms with van der Waals surface area (Å²) in [5, 5.41) is 0.731. The molecule has 3 heteroatoms. The van der Waals surface area contributed by atoms with Gasteiger partial charge in [0.25, 0.3) is 0 Å². The van der Waals surface area contributed by atoms with Gasteiger partial charge in [-0.25, -0.2) is 0 Å². The highest BCUT2D eigenvalue weighted by molar-refractivity contribution is 6.31. The molecular weight excluding hydrogens is 162 g/mol. The monoisotopic (exact) mass is 175 g/mol. The van der Waals surface area contributed by atoms with E-state index in [1.165, 1.54) is 0 Å². The summed E-state index contributed by atoms with van der Waals surface area (Å²) in [6.07, 6.45) is 4.69. The summed E-state index contributed by atoms with van der Waals surface area (Å²) in [5.41, 5.74) is 3.56. The Morgan fingerprint density at radius 1 is 1.64 bits per heavy atom. The summed E-state index contributed by atoms with van der Waals surface area (Å²) in [7, 11) is 1.56. The van der Waals surface area contributed by atoms with E-state index in [4.69, 9.17) is 11.6 Å². The van der Waals surface area contributed by atoms with Gasteiger partial charge in [0.2, 0.25) is 0 Å². The molecule has 0 saturated heterocycles. The summed E-state index contributed by atoms with van der Waals surface area (Å²) in [6, 6.07) is 0. The third-order valence-corrected chi connectivity index (χ3v) is 1.28. The maximum atomic E-state index is 5.80. The van der Waals surface area contributed by atoms with Crippen LogP contribution < -0.4 is 5.48 Å². The van der Waals surface area contributed by atoms with Crippen LogP contribution in [0.3, 0.4) is 0 Å². The summed E-state index contributed by atoms with van der Waals surface area (Å²) >= 11 is 5.80. The Morgan fingerprint density at radius 2 is 2.27 bits per heavy atom. The van der Waals surface area contributed by atoms with Crippen molar-refractivity contribution >= 4 is 11.6 Å². The fraction of sp³-hybridized carbons (Fsp3) is 0.500. The minimum absolute atomic E-state index is 0.731. The number of hydroxylamine groups is 1. The van der Waals surface area contributed by atoms with Crippen molar-refractivity contribution < 1.29 is 4.84 Å². The Kier molecular flexibility index (Phi) is 5.99. The standard InChI is InChI=1S/C8H14ClNO/c1-4-5-8(9)6-7(2)10-11-3/h5-6,10H,4H2,1-3H3/b7-6-,8-5+. The van der Waals surface area contributed by atoms with Crippen LogP contribution in [0.15, 0.2) is 22.9 Å². The molecule has 11 heavy (non-hydrogen) atoms. The fourth-order valence-electron chi connectivity index (χ4n) is 0.651. The Balaban J connectivity index is 3.96. The van der Waals surface area contributed by atoms with Gasteiger partial charge < -0.3 is 0 Å². The van der Waals surface area contributed by atoms with Crippen molar-refractivity contribution in [3.05, 3.63) is 22.9 Å². The van der Waals surface area contributed by atoms with Crippen molar-refractivity contribution in [2.45, 2.75) is 20.3 Å². The summed E-state index contributed by atoms with van der Waals surface area (Å²) in [4.78, 5) is 4.68. The van der Waals surface area contributed by atoms with Crippen LogP contribution in [0.25, 0.3) is 0 Å². The van der Waals surface area contributed by atoms with E-state index in [1.54, 1.807) is 7.11 Å². The minimum Gasteiger partial charge on any atom is -0.280 e. The molecule has 0 rings (SSSR count). The van der Waals surface area contributed by atoms with E-state index in [2.05, 4.69) is 10.3 Å². The number of nitrogens with one attached hydrogen (secondary N) is 1. The lowest BCUT2D eigenvalue weighted by Crippen LogP contribution is -2.07. The molecule has 2 nitrogen and oxygen atoms in total. The zero-order chi connectivity index (χ0) is 8.69. The van der Waals surface area contributed by atoms with Crippen LogP contribution >= 0.6 is 11.6 Å². The van der Waals surface area contributed by atoms with E-state index in [-0.39, 0.29) is 0 Å². The molecule has 0 unspecified atom stereocenters. The predicted molar refractivity (Wildman–Crippen MR) is 48.1 cm³/mol. The van der Waals surface area contributed by atoms with Gasteiger partial charge in [-0.2, -0.15) is 0 Å². The molecule has 0 heterocycles. The first-order valence-corrected chi connectivity index (χ1v) is 3.91. The van der Waals surface area contributed by atoms with Gasteiger partial charge in [0.1, 0.15) is 0 Å². The average Bonchev–Trinajstić information content (AvgIpc) is 1.87. The van der Waals surface area contributed by atoms with Gasteiger partial charge in [-0.3, -0.25) is 10.3 Å². The average molecular weight is 176 g/mol. The highest BCUT2D eigenvalue weighted by Gasteiger charge is 1.87. The first-order chi connectivity index (χ1) is 5.20. The second kappa shape index (κ2) is 6.25. The van der Waals surface area contributed by atoms with Crippen LogP contribution in [0.4, 0.5) is 0 Å². The summed E-state index contributed by atoms with van der Waals surface area (Å²) in [5.74, 6) is 0. The topological polar surface area (TPSA) is 21.3 Å². The first-order valence-electron chi connectivity index (χ1n) is 3.53. The van der Waals surface area contributed by atoms with Gasteiger partial charge in [-0.1, -0.05) is 24.6 Å². The maximum Gasteiger partial charge on any atom is 0.0636 e. The third kappa shape index (κ3) is 5.95. The van der Waals surface area contributed by atoms with Gasteiger partial charge >= 0.3 is 0 Å². The van der Waals surface area contributed by atoms with Crippen LogP contribution in [0.2, 0.25) is 0 Å². The highest BCUT2D eigenvalue weighted by Crippen LogP contribution is 2.06. The molecule has 0 spiro atoms. The predicted octanol–water partition coefficient (Wildman–Crippen LogP) is 2.57. The Morgan fingerprint density at radius 3 is 2.73 bits per heavy atom. The van der Waals surface area contributed by atoms with Crippen LogP contribution in [0.1, 0.15) is 20.3 Å². The third-order valence-electron chi connectivity index (χ3n) is 1.02. The molecule has 0 aromatic carbocycles. The van der Waals surface area contributed by atoms with Crippen molar-refractivity contribution in [3.63, 3.8) is 0 Å². The molecule has 0 bridgehead atoms. The zero-order valence-electron chi connectivity index (χ0n) is 7.15. The van der Waals surface area contributed by atoms with Gasteiger partial charge in [-0.15, -0.1) is 0 Å². The van der Waals surface area contributed by atoms with Gasteiger partial charge in [-0.05, 0) is 19.4 Å². The van der Waals surface area contributed by atoms with Crippen molar-refractivity contribution in [2.75, 3.05) is 7.11 Å². The van der Waals surface area contributed by atoms with Crippen molar-refractivity contribution in [1.29, 1.82) is 0 Å². The fourth-order valence-corrected chi connectivity index (χ4v) is 0.969. The first kappa shape index (κ1) is 10.5. The Labute approximate surface area is 72.8 Å². The second-order valence-corrected chi connectivity index (χ2v) is 2.57. The molecule has 0 aromatic rings. The van der Waals surface area contributed by atoms with E-state index < -0.39 is 0 Å². The molecule has 0 aromatic heterocycles. The number of allylic oxidation sites excluding steroid dienone is 4. The van der Waals surface area contributed by atoms with E-state index in [0.717, 1.165) is 17.2 Å². The lowest BCUT2D eigenvalue weighted by Gasteiger charge is -2.00. The Hall–Kier alpha value is -0.470. The number of halogens is 1. The molecule has 0 atom stereocenters. The van der Waals surface area contributed by atoms with E-state index in [1.807, 2.05) is 26.0 Å². The van der Waals surface area contributed by atoms with E-state index >= 15 is 0 Å². The van der Waals surface area contributed by atoms with Crippen molar-refractivity contribution in [1.82, 2.24) is 5.48 Å². The van der Waals surface area contributed by atoms with Crippen molar-refractivity contribution in [2.24, 2.45) is 0 Å². The molecule has 64 valence electrons. The number of hydrogen-bond donors (Lipinski definition) is 1. The number of rotatable bonds is 4. The Bertz CT molecular complexity index is 163. The van der Waals surface area contributed by atoms with Gasteiger partial charge in [0, 0.05) is 10.7 Å². The highest BCUT2D eigenvalue weighted by atomic mass is 35.5. The molecule has 0 saturated carbocycles.